The van der Waals surface area contributed by atoms with Gasteiger partial charge in [-0.15, -0.1) is 0 Å². The van der Waals surface area contributed by atoms with Crippen molar-refractivity contribution in [2.45, 2.75) is 13.0 Å². The van der Waals surface area contributed by atoms with E-state index < -0.39 is 0 Å². The smallest absolute Gasteiger partial charge is 0.0406 e. The van der Waals surface area contributed by atoms with Gasteiger partial charge in [-0.25, -0.2) is 0 Å². The molecule has 1 saturated heterocycles. The number of nitrogens with one attached hydrogen (secondary N) is 1. The van der Waals surface area contributed by atoms with E-state index in [1.807, 2.05) is 12.1 Å². The summed E-state index contributed by atoms with van der Waals surface area (Å²) in [6.07, 6.45) is 1.21. The molecule has 1 fully saturated rings. The van der Waals surface area contributed by atoms with E-state index in [1.165, 1.54) is 55.8 Å². The van der Waals surface area contributed by atoms with Crippen molar-refractivity contribution in [3.63, 3.8) is 0 Å². The second-order valence-electron chi connectivity index (χ2n) is 6.88. The lowest BCUT2D eigenvalue weighted by molar-refractivity contribution is 0.153. The lowest BCUT2D eigenvalue weighted by atomic mass is 10.0. The monoisotopic (exact) mass is 357 g/mol. The number of benzene rings is 2. The Kier molecular flexibility index (Phi) is 6.88. The molecule has 3 nitrogen and oxygen atoms in total. The van der Waals surface area contributed by atoms with Gasteiger partial charge in [-0.3, -0.25) is 0 Å². The average Bonchev–Trinajstić information content (AvgIpc) is 2.64. The number of piperazine rings is 1. The Morgan fingerprint density at radius 3 is 2.12 bits per heavy atom. The fourth-order valence-electron chi connectivity index (χ4n) is 3.19. The molecule has 0 amide bonds. The zero-order valence-corrected chi connectivity index (χ0v) is 15.8. The van der Waals surface area contributed by atoms with Crippen LogP contribution in [-0.2, 0) is 6.54 Å². The summed E-state index contributed by atoms with van der Waals surface area (Å²) < 4.78 is 0. The molecular weight excluding hydrogens is 330 g/mol. The van der Waals surface area contributed by atoms with Crippen LogP contribution in [0.1, 0.15) is 12.0 Å². The van der Waals surface area contributed by atoms with Crippen LogP contribution in [0.15, 0.2) is 48.5 Å². The molecule has 0 radical (unpaired) electrons. The summed E-state index contributed by atoms with van der Waals surface area (Å²) in [6.45, 7) is 8.04. The SMILES string of the molecule is CN1CCN(CCCNCc2ccc(-c3ccc(Cl)cc3)cc2)CC1. The second kappa shape index (κ2) is 9.35. The predicted molar refractivity (Wildman–Crippen MR) is 107 cm³/mol. The lowest BCUT2D eigenvalue weighted by Gasteiger charge is -2.32. The molecule has 2 aromatic rings. The van der Waals surface area contributed by atoms with Crippen molar-refractivity contribution in [2.24, 2.45) is 0 Å². The molecule has 4 heteroatoms. The third kappa shape index (κ3) is 5.82. The highest BCUT2D eigenvalue weighted by atomic mass is 35.5. The average molecular weight is 358 g/mol. The highest BCUT2D eigenvalue weighted by Gasteiger charge is 2.12. The van der Waals surface area contributed by atoms with Gasteiger partial charge in [-0.05, 0) is 55.4 Å². The summed E-state index contributed by atoms with van der Waals surface area (Å²) in [5.41, 5.74) is 3.77. The summed E-state index contributed by atoms with van der Waals surface area (Å²) >= 11 is 5.95. The Balaban J connectivity index is 1.36. The van der Waals surface area contributed by atoms with Crippen LogP contribution in [0, 0.1) is 0 Å². The first-order chi connectivity index (χ1) is 12.2. The van der Waals surface area contributed by atoms with Gasteiger partial charge in [-0.1, -0.05) is 48.0 Å². The summed E-state index contributed by atoms with van der Waals surface area (Å²) in [4.78, 5) is 4.98. The molecule has 0 bridgehead atoms. The molecular formula is C21H28ClN3. The molecule has 2 aromatic carbocycles. The van der Waals surface area contributed by atoms with Crippen LogP contribution in [0.4, 0.5) is 0 Å². The molecule has 1 heterocycles. The maximum atomic E-state index is 5.95. The first-order valence-electron chi connectivity index (χ1n) is 9.17. The van der Waals surface area contributed by atoms with Crippen LogP contribution >= 0.6 is 11.6 Å². The van der Waals surface area contributed by atoms with E-state index in [9.17, 15) is 0 Å². The van der Waals surface area contributed by atoms with E-state index in [-0.39, 0.29) is 0 Å². The Bertz CT molecular complexity index is 631. The van der Waals surface area contributed by atoms with E-state index in [2.05, 4.69) is 58.6 Å². The van der Waals surface area contributed by atoms with E-state index >= 15 is 0 Å². The second-order valence-corrected chi connectivity index (χ2v) is 7.32. The molecule has 0 aromatic heterocycles. The molecule has 0 unspecified atom stereocenters. The highest BCUT2D eigenvalue weighted by Crippen LogP contribution is 2.21. The number of nitrogens with zero attached hydrogens (tertiary/aromatic N) is 2. The maximum Gasteiger partial charge on any atom is 0.0406 e. The number of rotatable bonds is 7. The predicted octanol–water partition coefficient (Wildman–Crippen LogP) is 3.73. The van der Waals surface area contributed by atoms with Gasteiger partial charge in [-0.2, -0.15) is 0 Å². The summed E-state index contributed by atoms with van der Waals surface area (Å²) in [6, 6.07) is 16.8. The molecule has 0 aliphatic carbocycles. The Morgan fingerprint density at radius 2 is 1.48 bits per heavy atom. The minimum Gasteiger partial charge on any atom is -0.313 e. The quantitative estimate of drug-likeness (QED) is 0.762. The first kappa shape index (κ1) is 18.4. The van der Waals surface area contributed by atoms with Crippen molar-refractivity contribution in [3.8, 4) is 11.1 Å². The van der Waals surface area contributed by atoms with Crippen molar-refractivity contribution < 1.29 is 0 Å². The van der Waals surface area contributed by atoms with Gasteiger partial charge < -0.3 is 15.1 Å². The Morgan fingerprint density at radius 1 is 0.880 bits per heavy atom. The minimum atomic E-state index is 0.779. The molecule has 3 rings (SSSR count). The maximum absolute atomic E-state index is 5.95. The van der Waals surface area contributed by atoms with Crippen LogP contribution in [0.3, 0.4) is 0 Å². The van der Waals surface area contributed by atoms with Crippen molar-refractivity contribution in [3.05, 3.63) is 59.1 Å². The van der Waals surface area contributed by atoms with Gasteiger partial charge in [0, 0.05) is 37.7 Å². The van der Waals surface area contributed by atoms with Gasteiger partial charge >= 0.3 is 0 Å². The van der Waals surface area contributed by atoms with Crippen LogP contribution in [-0.4, -0.2) is 56.1 Å². The number of likely N-dealkylation sites (N-methyl/N-ethyl adjacent to an activating group) is 1. The zero-order chi connectivity index (χ0) is 17.5. The summed E-state index contributed by atoms with van der Waals surface area (Å²) in [7, 11) is 2.21. The largest absolute Gasteiger partial charge is 0.313 e. The van der Waals surface area contributed by atoms with E-state index in [0.717, 1.165) is 18.1 Å². The normalized spacial score (nSPS) is 16.2. The third-order valence-electron chi connectivity index (χ3n) is 4.88. The molecule has 1 aliphatic rings. The van der Waals surface area contributed by atoms with Gasteiger partial charge in [0.25, 0.3) is 0 Å². The van der Waals surface area contributed by atoms with Crippen LogP contribution in [0.2, 0.25) is 5.02 Å². The van der Waals surface area contributed by atoms with Crippen molar-refractivity contribution in [1.82, 2.24) is 15.1 Å². The Hall–Kier alpha value is -1.39. The molecule has 0 spiro atoms. The molecule has 0 saturated carbocycles. The molecule has 1 N–H and O–H groups in total. The zero-order valence-electron chi connectivity index (χ0n) is 15.0. The van der Waals surface area contributed by atoms with Crippen molar-refractivity contribution in [2.75, 3.05) is 46.3 Å². The number of hydrogen-bond acceptors (Lipinski definition) is 3. The molecule has 0 atom stereocenters. The van der Waals surface area contributed by atoms with E-state index in [0.29, 0.717) is 0 Å². The van der Waals surface area contributed by atoms with Gasteiger partial charge in [0.15, 0.2) is 0 Å². The standard InChI is InChI=1S/C21H28ClN3/c1-24-13-15-25(16-14-24)12-2-11-23-17-18-3-5-19(6-4-18)20-7-9-21(22)10-8-20/h3-10,23H,2,11-17H2,1H3. The van der Waals surface area contributed by atoms with Crippen molar-refractivity contribution in [1.29, 1.82) is 0 Å². The first-order valence-corrected chi connectivity index (χ1v) is 9.55. The Labute approximate surface area is 156 Å². The lowest BCUT2D eigenvalue weighted by Crippen LogP contribution is -2.45. The van der Waals surface area contributed by atoms with Gasteiger partial charge in [0.05, 0.1) is 0 Å². The molecule has 25 heavy (non-hydrogen) atoms. The fraction of sp³-hybridized carbons (Fsp3) is 0.429. The number of hydrogen-bond donors (Lipinski definition) is 1. The van der Waals surface area contributed by atoms with Crippen LogP contribution in [0.5, 0.6) is 0 Å². The van der Waals surface area contributed by atoms with Gasteiger partial charge in [0.1, 0.15) is 0 Å². The minimum absolute atomic E-state index is 0.779. The molecule has 1 aliphatic heterocycles. The van der Waals surface area contributed by atoms with Crippen LogP contribution in [0.25, 0.3) is 11.1 Å². The van der Waals surface area contributed by atoms with E-state index in [1.54, 1.807) is 0 Å². The fourth-order valence-corrected chi connectivity index (χ4v) is 3.32. The van der Waals surface area contributed by atoms with Crippen LogP contribution < -0.4 is 5.32 Å². The summed E-state index contributed by atoms with van der Waals surface area (Å²) in [5.74, 6) is 0. The summed E-state index contributed by atoms with van der Waals surface area (Å²) in [5, 5.41) is 4.34. The third-order valence-corrected chi connectivity index (χ3v) is 5.14. The van der Waals surface area contributed by atoms with Crippen molar-refractivity contribution >= 4 is 11.6 Å². The van der Waals surface area contributed by atoms with E-state index in [4.69, 9.17) is 11.6 Å². The topological polar surface area (TPSA) is 18.5 Å². The highest BCUT2D eigenvalue weighted by molar-refractivity contribution is 6.30. The number of halogens is 1. The molecule has 134 valence electrons. The van der Waals surface area contributed by atoms with Gasteiger partial charge in [0.2, 0.25) is 0 Å².